The summed E-state index contributed by atoms with van der Waals surface area (Å²) < 4.78 is 0. The Morgan fingerprint density at radius 3 is 2.59 bits per heavy atom. The maximum atomic E-state index is 6.38. The molecule has 0 amide bonds. The molecule has 0 aromatic heterocycles. The quantitative estimate of drug-likeness (QED) is 0.893. The Morgan fingerprint density at radius 1 is 1.35 bits per heavy atom. The lowest BCUT2D eigenvalue weighted by Crippen LogP contribution is -2.41. The van der Waals surface area contributed by atoms with Crippen molar-refractivity contribution in [2.75, 3.05) is 6.54 Å². The molecule has 0 aliphatic heterocycles. The predicted molar refractivity (Wildman–Crippen MR) is 74.9 cm³/mol. The van der Waals surface area contributed by atoms with Gasteiger partial charge < -0.3 is 5.73 Å². The standard InChI is InChI=1S/C14H18ClNS/c15-12-8-10(14(9-16)6-1-7-14)2-5-13(12)17-11-3-4-11/h2,5,8,11H,1,3-4,6-7,9,16H2. The van der Waals surface area contributed by atoms with Gasteiger partial charge in [0.1, 0.15) is 0 Å². The average molecular weight is 268 g/mol. The van der Waals surface area contributed by atoms with Crippen LogP contribution in [-0.2, 0) is 5.41 Å². The highest BCUT2D eigenvalue weighted by Crippen LogP contribution is 2.46. The van der Waals surface area contributed by atoms with Gasteiger partial charge in [-0.3, -0.25) is 0 Å². The van der Waals surface area contributed by atoms with Crippen molar-refractivity contribution < 1.29 is 0 Å². The molecule has 17 heavy (non-hydrogen) atoms. The third-order valence-electron chi connectivity index (χ3n) is 4.06. The van der Waals surface area contributed by atoms with Crippen LogP contribution in [0.3, 0.4) is 0 Å². The van der Waals surface area contributed by atoms with Crippen LogP contribution in [0.1, 0.15) is 37.7 Å². The van der Waals surface area contributed by atoms with E-state index in [0.29, 0.717) is 0 Å². The van der Waals surface area contributed by atoms with Gasteiger partial charge in [-0.1, -0.05) is 24.1 Å². The molecular weight excluding hydrogens is 250 g/mol. The largest absolute Gasteiger partial charge is 0.330 e. The molecule has 2 aliphatic carbocycles. The fourth-order valence-electron chi connectivity index (χ4n) is 2.51. The summed E-state index contributed by atoms with van der Waals surface area (Å²) in [6.45, 7) is 0.748. The smallest absolute Gasteiger partial charge is 0.0544 e. The van der Waals surface area contributed by atoms with Gasteiger partial charge >= 0.3 is 0 Å². The Kier molecular flexibility index (Phi) is 3.14. The minimum absolute atomic E-state index is 0.229. The maximum absolute atomic E-state index is 6.38. The highest BCUT2D eigenvalue weighted by atomic mass is 35.5. The molecule has 2 N–H and O–H groups in total. The van der Waals surface area contributed by atoms with Gasteiger partial charge in [0.25, 0.3) is 0 Å². The number of thioether (sulfide) groups is 1. The Hall–Kier alpha value is -0.180. The summed E-state index contributed by atoms with van der Waals surface area (Å²) >= 11 is 8.31. The molecule has 1 aromatic carbocycles. The first-order valence-electron chi connectivity index (χ1n) is 6.40. The molecule has 0 atom stereocenters. The molecule has 2 aliphatic rings. The lowest BCUT2D eigenvalue weighted by molar-refractivity contribution is 0.253. The first-order chi connectivity index (χ1) is 8.23. The van der Waals surface area contributed by atoms with E-state index in [4.69, 9.17) is 17.3 Å². The van der Waals surface area contributed by atoms with E-state index >= 15 is 0 Å². The molecule has 0 heterocycles. The van der Waals surface area contributed by atoms with E-state index in [-0.39, 0.29) is 5.41 Å². The molecule has 1 aromatic rings. The van der Waals surface area contributed by atoms with Crippen molar-refractivity contribution in [1.82, 2.24) is 0 Å². The SMILES string of the molecule is NCC1(c2ccc(SC3CC3)c(Cl)c2)CCC1. The molecule has 0 unspecified atom stereocenters. The van der Waals surface area contributed by atoms with Crippen molar-refractivity contribution in [2.24, 2.45) is 5.73 Å². The fourth-order valence-corrected chi connectivity index (χ4v) is 3.87. The van der Waals surface area contributed by atoms with Crippen LogP contribution < -0.4 is 5.73 Å². The average Bonchev–Trinajstić information content (AvgIpc) is 3.05. The molecule has 0 radical (unpaired) electrons. The van der Waals surface area contributed by atoms with Crippen LogP contribution in [0.2, 0.25) is 5.02 Å². The highest BCUT2D eigenvalue weighted by Gasteiger charge is 2.37. The van der Waals surface area contributed by atoms with Crippen LogP contribution in [0.25, 0.3) is 0 Å². The van der Waals surface area contributed by atoms with Crippen LogP contribution in [0.15, 0.2) is 23.1 Å². The monoisotopic (exact) mass is 267 g/mol. The zero-order chi connectivity index (χ0) is 11.9. The minimum atomic E-state index is 0.229. The summed E-state index contributed by atoms with van der Waals surface area (Å²) in [7, 11) is 0. The first-order valence-corrected chi connectivity index (χ1v) is 7.66. The van der Waals surface area contributed by atoms with Crippen molar-refractivity contribution in [3.8, 4) is 0 Å². The number of nitrogens with two attached hydrogens (primary N) is 1. The summed E-state index contributed by atoms with van der Waals surface area (Å²) in [6.07, 6.45) is 6.42. The number of halogens is 1. The molecule has 0 spiro atoms. The number of hydrogen-bond donors (Lipinski definition) is 1. The van der Waals surface area contributed by atoms with Crippen LogP contribution in [0.5, 0.6) is 0 Å². The molecule has 2 saturated carbocycles. The molecule has 3 heteroatoms. The van der Waals surface area contributed by atoms with Crippen molar-refractivity contribution in [1.29, 1.82) is 0 Å². The van der Waals surface area contributed by atoms with Crippen molar-refractivity contribution in [3.05, 3.63) is 28.8 Å². The maximum Gasteiger partial charge on any atom is 0.0544 e. The molecular formula is C14H18ClNS. The summed E-state index contributed by atoms with van der Waals surface area (Å²) in [5, 5.41) is 1.73. The summed E-state index contributed by atoms with van der Waals surface area (Å²) in [5.74, 6) is 0. The van der Waals surface area contributed by atoms with E-state index in [1.54, 1.807) is 0 Å². The number of rotatable bonds is 4. The second kappa shape index (κ2) is 4.49. The van der Waals surface area contributed by atoms with Gasteiger partial charge in [0.2, 0.25) is 0 Å². The van der Waals surface area contributed by atoms with Crippen LogP contribution in [0, 0.1) is 0 Å². The van der Waals surface area contributed by atoms with Crippen molar-refractivity contribution in [2.45, 2.75) is 47.7 Å². The van der Waals surface area contributed by atoms with E-state index in [2.05, 4.69) is 18.2 Å². The molecule has 1 nitrogen and oxygen atoms in total. The van der Waals surface area contributed by atoms with Gasteiger partial charge in [0, 0.05) is 22.1 Å². The number of benzene rings is 1. The molecule has 0 saturated heterocycles. The van der Waals surface area contributed by atoms with Crippen molar-refractivity contribution in [3.63, 3.8) is 0 Å². The predicted octanol–water partition coefficient (Wildman–Crippen LogP) is 3.97. The van der Waals surface area contributed by atoms with Crippen molar-refractivity contribution >= 4 is 23.4 Å². The zero-order valence-corrected chi connectivity index (χ0v) is 11.5. The fraction of sp³-hybridized carbons (Fsp3) is 0.571. The van der Waals surface area contributed by atoms with Gasteiger partial charge in [-0.2, -0.15) is 0 Å². The van der Waals surface area contributed by atoms with E-state index in [1.165, 1.54) is 42.6 Å². The molecule has 3 rings (SSSR count). The van der Waals surface area contributed by atoms with E-state index in [1.807, 2.05) is 11.8 Å². The summed E-state index contributed by atoms with van der Waals surface area (Å²) in [4.78, 5) is 1.24. The topological polar surface area (TPSA) is 26.0 Å². The Labute approximate surface area is 112 Å². The highest BCUT2D eigenvalue weighted by molar-refractivity contribution is 8.00. The molecule has 2 fully saturated rings. The minimum Gasteiger partial charge on any atom is -0.330 e. The number of hydrogen-bond acceptors (Lipinski definition) is 2. The normalized spacial score (nSPS) is 22.2. The second-order valence-corrected chi connectivity index (χ2v) is 7.05. The van der Waals surface area contributed by atoms with E-state index < -0.39 is 0 Å². The lowest BCUT2D eigenvalue weighted by atomic mass is 9.64. The summed E-state index contributed by atoms with van der Waals surface area (Å²) in [6, 6.07) is 6.58. The van der Waals surface area contributed by atoms with Crippen LogP contribution in [0.4, 0.5) is 0 Å². The van der Waals surface area contributed by atoms with Gasteiger partial charge in [-0.05, 0) is 43.4 Å². The van der Waals surface area contributed by atoms with Gasteiger partial charge in [0.05, 0.1) is 5.02 Å². The van der Waals surface area contributed by atoms with Gasteiger partial charge in [-0.15, -0.1) is 11.8 Å². The Morgan fingerprint density at radius 2 is 2.12 bits per heavy atom. The zero-order valence-electron chi connectivity index (χ0n) is 9.92. The Bertz CT molecular complexity index is 419. The van der Waals surface area contributed by atoms with E-state index in [0.717, 1.165) is 16.8 Å². The summed E-state index contributed by atoms with van der Waals surface area (Å²) in [5.41, 5.74) is 7.50. The molecule has 0 bridgehead atoms. The van der Waals surface area contributed by atoms with Gasteiger partial charge in [0.15, 0.2) is 0 Å². The third-order valence-corrected chi connectivity index (χ3v) is 5.90. The van der Waals surface area contributed by atoms with E-state index in [9.17, 15) is 0 Å². The van der Waals surface area contributed by atoms with Crippen LogP contribution >= 0.6 is 23.4 Å². The molecule has 92 valence electrons. The Balaban J connectivity index is 1.84. The second-order valence-electron chi connectivity index (χ2n) is 5.30. The third kappa shape index (κ3) is 2.23. The lowest BCUT2D eigenvalue weighted by Gasteiger charge is -2.41. The van der Waals surface area contributed by atoms with Gasteiger partial charge in [-0.25, -0.2) is 0 Å². The van der Waals surface area contributed by atoms with Crippen LogP contribution in [-0.4, -0.2) is 11.8 Å². The first kappa shape index (κ1) is 11.9.